The second-order valence-corrected chi connectivity index (χ2v) is 5.04. The lowest BCUT2D eigenvalue weighted by molar-refractivity contribution is -0.131. The molecule has 0 aliphatic heterocycles. The fraction of sp³-hybridized carbons (Fsp3) is 0. The Morgan fingerprint density at radius 2 is 1.50 bits per heavy atom. The highest BCUT2D eigenvalue weighted by Crippen LogP contribution is 2.26. The van der Waals surface area contributed by atoms with E-state index in [0.29, 0.717) is 4.68 Å². The summed E-state index contributed by atoms with van der Waals surface area (Å²) in [6, 6.07) is 6.95. The molecule has 0 unspecified atom stereocenters. The van der Waals surface area contributed by atoms with E-state index < -0.39 is 57.0 Å². The van der Waals surface area contributed by atoms with Crippen molar-refractivity contribution in [3.05, 3.63) is 69.5 Å². The first kappa shape index (κ1) is 17.3. The van der Waals surface area contributed by atoms with E-state index in [-0.39, 0.29) is 5.69 Å². The summed E-state index contributed by atoms with van der Waals surface area (Å²) < 4.78 is 56.1. The van der Waals surface area contributed by atoms with Gasteiger partial charge in [-0.1, -0.05) is 18.2 Å². The lowest BCUT2D eigenvalue weighted by atomic mass is 10.1. The first-order chi connectivity index (χ1) is 12.3. The largest absolute Gasteiger partial charge is 0.475 e. The van der Waals surface area contributed by atoms with Crippen molar-refractivity contribution in [1.29, 1.82) is 0 Å². The molecule has 0 saturated heterocycles. The zero-order valence-corrected chi connectivity index (χ0v) is 12.5. The average Bonchev–Trinajstić information content (AvgIpc) is 2.64. The van der Waals surface area contributed by atoms with E-state index in [1.807, 2.05) is 0 Å². The molecule has 1 N–H and O–H groups in total. The van der Waals surface area contributed by atoms with Crippen LogP contribution in [-0.2, 0) is 4.79 Å². The van der Waals surface area contributed by atoms with Gasteiger partial charge in [-0.25, -0.2) is 27.0 Å². The van der Waals surface area contributed by atoms with Gasteiger partial charge in [0.25, 0.3) is 5.78 Å². The van der Waals surface area contributed by atoms with Gasteiger partial charge in [-0.05, 0) is 12.1 Å². The molecule has 0 saturated carbocycles. The van der Waals surface area contributed by atoms with Crippen LogP contribution in [0.15, 0.2) is 35.1 Å². The molecule has 10 heteroatoms. The van der Waals surface area contributed by atoms with Gasteiger partial charge in [0, 0.05) is 0 Å². The Kier molecular flexibility index (Phi) is 4.03. The van der Waals surface area contributed by atoms with E-state index in [4.69, 9.17) is 5.11 Å². The minimum atomic E-state index is -2.27. The highest BCUT2D eigenvalue weighted by atomic mass is 19.2. The van der Waals surface area contributed by atoms with Gasteiger partial charge in [-0.15, -0.1) is 0 Å². The lowest BCUT2D eigenvalue weighted by Crippen LogP contribution is -2.28. The van der Waals surface area contributed by atoms with E-state index in [0.717, 1.165) is 0 Å². The summed E-state index contributed by atoms with van der Waals surface area (Å²) in [5, 5.41) is 10.9. The van der Waals surface area contributed by atoms with Crippen molar-refractivity contribution < 1.29 is 32.3 Å². The first-order valence-electron chi connectivity index (χ1n) is 6.87. The van der Waals surface area contributed by atoms with E-state index in [2.05, 4.69) is 5.10 Å². The normalized spacial score (nSPS) is 10.9. The Morgan fingerprint density at radius 1 is 0.923 bits per heavy atom. The number of hydrogen-bond donors (Lipinski definition) is 1. The predicted molar refractivity (Wildman–Crippen MR) is 79.1 cm³/mol. The van der Waals surface area contributed by atoms with Crippen molar-refractivity contribution in [1.82, 2.24) is 9.78 Å². The number of hydrogen-bond acceptors (Lipinski definition) is 4. The fourth-order valence-corrected chi connectivity index (χ4v) is 2.35. The van der Waals surface area contributed by atoms with Crippen LogP contribution in [0.1, 0.15) is 10.5 Å². The Morgan fingerprint density at radius 3 is 2.08 bits per heavy atom. The van der Waals surface area contributed by atoms with Crippen LogP contribution in [0, 0.1) is 23.3 Å². The van der Waals surface area contributed by atoms with Crippen LogP contribution in [0.3, 0.4) is 0 Å². The molecular formula is C16H6F4N2O4. The van der Waals surface area contributed by atoms with Crippen LogP contribution >= 0.6 is 0 Å². The molecule has 3 rings (SSSR count). The molecule has 132 valence electrons. The molecule has 0 radical (unpaired) electrons. The summed E-state index contributed by atoms with van der Waals surface area (Å²) >= 11 is 0. The zero-order chi connectivity index (χ0) is 19.2. The highest BCUT2D eigenvalue weighted by Gasteiger charge is 2.30. The van der Waals surface area contributed by atoms with Gasteiger partial charge in [-0.3, -0.25) is 9.59 Å². The summed E-state index contributed by atoms with van der Waals surface area (Å²) in [6.45, 7) is 0. The molecule has 0 bridgehead atoms. The van der Waals surface area contributed by atoms with Crippen molar-refractivity contribution in [3.63, 3.8) is 0 Å². The van der Waals surface area contributed by atoms with Crippen LogP contribution in [0.4, 0.5) is 17.6 Å². The quantitative estimate of drug-likeness (QED) is 0.252. The van der Waals surface area contributed by atoms with E-state index in [1.165, 1.54) is 30.3 Å². The third-order valence-electron chi connectivity index (χ3n) is 3.51. The van der Waals surface area contributed by atoms with E-state index in [1.54, 1.807) is 0 Å². The summed E-state index contributed by atoms with van der Waals surface area (Å²) in [4.78, 5) is 34.8. The Balaban J connectivity index is 2.61. The number of nitrogens with zero attached hydrogens (tertiary/aromatic N) is 2. The number of aliphatic carboxylic acids is 1. The van der Waals surface area contributed by atoms with Gasteiger partial charge in [0.1, 0.15) is 5.52 Å². The zero-order valence-electron chi connectivity index (χ0n) is 12.5. The third-order valence-corrected chi connectivity index (χ3v) is 3.51. The topological polar surface area (TPSA) is 89.3 Å². The molecule has 0 aliphatic rings. The Bertz CT molecular complexity index is 1140. The van der Waals surface area contributed by atoms with Crippen molar-refractivity contribution in [2.24, 2.45) is 0 Å². The van der Waals surface area contributed by atoms with Crippen LogP contribution < -0.4 is 5.43 Å². The summed E-state index contributed by atoms with van der Waals surface area (Å²) in [5.74, 6) is -12.3. The molecule has 3 aromatic rings. The highest BCUT2D eigenvalue weighted by molar-refractivity contribution is 6.39. The maximum absolute atomic E-state index is 14.3. The Hall–Kier alpha value is -3.56. The predicted octanol–water partition coefficient (Wildman–Crippen LogP) is 2.21. The molecule has 0 amide bonds. The van der Waals surface area contributed by atoms with Crippen molar-refractivity contribution >= 4 is 22.7 Å². The molecule has 1 aromatic heterocycles. The first-order valence-corrected chi connectivity index (χ1v) is 6.87. The van der Waals surface area contributed by atoms with Crippen LogP contribution in [0.2, 0.25) is 0 Å². The summed E-state index contributed by atoms with van der Waals surface area (Å²) in [6.07, 6.45) is 0. The number of ketones is 1. The van der Waals surface area contributed by atoms with Crippen molar-refractivity contribution in [2.75, 3.05) is 0 Å². The monoisotopic (exact) mass is 366 g/mol. The number of para-hydroxylation sites is 1. The molecular weight excluding hydrogens is 360 g/mol. The number of aromatic nitrogens is 2. The molecule has 0 aliphatic carbocycles. The SMILES string of the molecule is O=C(O)C(=O)c1nn(-c2ccccc2)c2c(F)c(F)c(F)c(F)c2c1=O. The van der Waals surface area contributed by atoms with Gasteiger partial charge in [-0.2, -0.15) is 5.10 Å². The minimum absolute atomic E-state index is 0.0544. The number of fused-ring (bicyclic) bond motifs is 1. The molecule has 6 nitrogen and oxygen atoms in total. The number of carbonyl (C=O) groups excluding carboxylic acids is 1. The van der Waals surface area contributed by atoms with E-state index in [9.17, 15) is 31.9 Å². The number of carbonyl (C=O) groups is 2. The fourth-order valence-electron chi connectivity index (χ4n) is 2.35. The summed E-state index contributed by atoms with van der Waals surface area (Å²) in [7, 11) is 0. The van der Waals surface area contributed by atoms with Crippen LogP contribution in [0.25, 0.3) is 16.6 Å². The number of Topliss-reactive ketones (excluding diaryl/α,β-unsaturated/α-hetero) is 1. The Labute approximate surface area is 140 Å². The van der Waals surface area contributed by atoms with Crippen LogP contribution in [0.5, 0.6) is 0 Å². The lowest BCUT2D eigenvalue weighted by Gasteiger charge is -2.13. The van der Waals surface area contributed by atoms with Crippen molar-refractivity contribution in [3.8, 4) is 5.69 Å². The number of carboxylic acid groups (broad SMARTS) is 1. The maximum Gasteiger partial charge on any atom is 0.379 e. The van der Waals surface area contributed by atoms with E-state index >= 15 is 0 Å². The molecule has 0 spiro atoms. The third kappa shape index (κ3) is 2.42. The van der Waals surface area contributed by atoms with Gasteiger partial charge < -0.3 is 5.11 Å². The average molecular weight is 366 g/mol. The van der Waals surface area contributed by atoms with Gasteiger partial charge in [0.15, 0.2) is 29.0 Å². The van der Waals surface area contributed by atoms with Gasteiger partial charge in [0.2, 0.25) is 5.43 Å². The minimum Gasteiger partial charge on any atom is -0.475 e. The number of benzene rings is 2. The number of halogens is 4. The van der Waals surface area contributed by atoms with Gasteiger partial charge >= 0.3 is 5.97 Å². The van der Waals surface area contributed by atoms with Gasteiger partial charge in [0.05, 0.1) is 11.1 Å². The second kappa shape index (κ2) is 6.06. The molecule has 0 atom stereocenters. The molecule has 1 heterocycles. The van der Waals surface area contributed by atoms with Crippen molar-refractivity contribution in [2.45, 2.75) is 0 Å². The summed E-state index contributed by atoms with van der Waals surface area (Å²) in [5.41, 5.74) is -4.08. The molecule has 26 heavy (non-hydrogen) atoms. The maximum atomic E-state index is 14.3. The molecule has 2 aromatic carbocycles. The standard InChI is InChI=1S/C16H6F4N2O4/c17-8-7-13(11(20)10(19)9(8)18)22(6-4-2-1-3-5-6)21-12(14(7)23)15(24)16(25)26/h1-5H,(H,25,26). The number of carboxylic acids is 1. The smallest absolute Gasteiger partial charge is 0.379 e. The van der Waals surface area contributed by atoms with Crippen LogP contribution in [-0.4, -0.2) is 26.6 Å². The number of rotatable bonds is 3. The molecule has 0 fully saturated rings. The second-order valence-electron chi connectivity index (χ2n) is 5.04.